The number of rotatable bonds is 10. The molecule has 0 aromatic heterocycles. The van der Waals surface area contributed by atoms with Crippen LogP contribution in [0.1, 0.15) is 30.9 Å². The fourth-order valence-corrected chi connectivity index (χ4v) is 4.60. The molecule has 32 heavy (non-hydrogen) atoms. The van der Waals surface area contributed by atoms with Gasteiger partial charge in [-0.3, -0.25) is 9.69 Å². The highest BCUT2D eigenvalue weighted by Crippen LogP contribution is 2.36. The van der Waals surface area contributed by atoms with Gasteiger partial charge in [-0.25, -0.2) is 4.79 Å². The molecule has 168 valence electrons. The van der Waals surface area contributed by atoms with Gasteiger partial charge >= 0.3 is 5.97 Å². The molecule has 0 saturated carbocycles. The molecule has 1 aliphatic heterocycles. The average molecular weight is 472 g/mol. The van der Waals surface area contributed by atoms with Gasteiger partial charge in [-0.1, -0.05) is 73.7 Å². The van der Waals surface area contributed by atoms with Gasteiger partial charge in [0.1, 0.15) is 10.4 Å². The lowest BCUT2D eigenvalue weighted by molar-refractivity contribution is -0.145. The number of nitrogens with zero attached hydrogens (tertiary/aromatic N) is 1. The number of carboxylic acid groups (broad SMARTS) is 1. The van der Waals surface area contributed by atoms with Crippen molar-refractivity contribution >= 4 is 46.3 Å². The lowest BCUT2D eigenvalue weighted by Gasteiger charge is -2.23. The molecule has 2 aromatic rings. The topological polar surface area (TPSA) is 76.1 Å². The number of thiocarbonyl (C=S) groups is 1. The minimum Gasteiger partial charge on any atom is -0.493 e. The quantitative estimate of drug-likeness (QED) is 0.304. The van der Waals surface area contributed by atoms with E-state index in [0.717, 1.165) is 35.7 Å². The molecule has 0 spiro atoms. The average Bonchev–Trinajstić information content (AvgIpc) is 3.06. The van der Waals surface area contributed by atoms with Gasteiger partial charge in [-0.05, 0) is 35.8 Å². The van der Waals surface area contributed by atoms with Gasteiger partial charge in [0.2, 0.25) is 0 Å². The molecular weight excluding hydrogens is 446 g/mol. The van der Waals surface area contributed by atoms with Gasteiger partial charge in [-0.2, -0.15) is 0 Å². The molecule has 1 saturated heterocycles. The van der Waals surface area contributed by atoms with Crippen LogP contribution in [0.25, 0.3) is 6.08 Å². The molecule has 0 bridgehead atoms. The van der Waals surface area contributed by atoms with Crippen LogP contribution in [0.4, 0.5) is 0 Å². The predicted molar refractivity (Wildman–Crippen MR) is 130 cm³/mol. The first-order chi connectivity index (χ1) is 15.4. The molecule has 1 N–H and O–H groups in total. The summed E-state index contributed by atoms with van der Waals surface area (Å²) in [5, 5.41) is 9.78. The smallest absolute Gasteiger partial charge is 0.327 e. The summed E-state index contributed by atoms with van der Waals surface area (Å²) in [6, 6.07) is 13.5. The molecule has 8 heteroatoms. The Balaban J connectivity index is 1.82. The van der Waals surface area contributed by atoms with E-state index in [1.807, 2.05) is 36.4 Å². The fraction of sp³-hybridized carbons (Fsp3) is 0.292. The normalized spacial score (nSPS) is 15.8. The second kappa shape index (κ2) is 11.2. The summed E-state index contributed by atoms with van der Waals surface area (Å²) >= 11 is 6.47. The molecule has 3 rings (SSSR count). The molecule has 1 heterocycles. The first-order valence-electron chi connectivity index (χ1n) is 10.3. The van der Waals surface area contributed by atoms with Crippen LogP contribution in [0.15, 0.2) is 53.4 Å². The molecular formula is C24H25NO5S2. The Morgan fingerprint density at radius 2 is 1.97 bits per heavy atom. The van der Waals surface area contributed by atoms with Crippen molar-refractivity contribution in [3.05, 3.63) is 64.6 Å². The van der Waals surface area contributed by atoms with Crippen molar-refractivity contribution in [2.45, 2.75) is 32.2 Å². The third kappa shape index (κ3) is 5.69. The van der Waals surface area contributed by atoms with Crippen LogP contribution in [0.5, 0.6) is 11.5 Å². The van der Waals surface area contributed by atoms with Crippen molar-refractivity contribution in [1.82, 2.24) is 4.90 Å². The summed E-state index contributed by atoms with van der Waals surface area (Å²) < 4.78 is 11.4. The van der Waals surface area contributed by atoms with Crippen LogP contribution >= 0.6 is 24.0 Å². The van der Waals surface area contributed by atoms with E-state index in [2.05, 4.69) is 6.92 Å². The number of carboxylic acids is 1. The first-order valence-corrected chi connectivity index (χ1v) is 11.5. The van der Waals surface area contributed by atoms with E-state index < -0.39 is 17.9 Å². The number of methoxy groups -OCH3 is 1. The second-order valence-electron chi connectivity index (χ2n) is 7.21. The molecule has 6 nitrogen and oxygen atoms in total. The molecule has 1 amide bonds. The van der Waals surface area contributed by atoms with Gasteiger partial charge < -0.3 is 14.6 Å². The van der Waals surface area contributed by atoms with Gasteiger partial charge in [-0.15, -0.1) is 0 Å². The van der Waals surface area contributed by atoms with Gasteiger partial charge in [0.15, 0.2) is 11.5 Å². The minimum absolute atomic E-state index is 0.174. The van der Waals surface area contributed by atoms with E-state index in [4.69, 9.17) is 21.7 Å². The Hall–Kier alpha value is -2.84. The predicted octanol–water partition coefficient (Wildman–Crippen LogP) is 4.77. The Kier molecular flexibility index (Phi) is 8.30. The summed E-state index contributed by atoms with van der Waals surface area (Å²) in [4.78, 5) is 26.6. The lowest BCUT2D eigenvalue weighted by atomic mass is 10.0. The third-order valence-electron chi connectivity index (χ3n) is 4.93. The SMILES string of the molecule is CCCCOc1ccc(C=C2SC(=S)N(C(Cc3ccccc3)C(=O)O)C2=O)cc1OC. The van der Waals surface area contributed by atoms with Crippen LogP contribution in [0.3, 0.4) is 0 Å². The zero-order chi connectivity index (χ0) is 23.1. The van der Waals surface area contributed by atoms with E-state index in [0.29, 0.717) is 23.0 Å². The number of thioether (sulfide) groups is 1. The number of carbonyl (C=O) groups is 2. The van der Waals surface area contributed by atoms with E-state index >= 15 is 0 Å². The lowest BCUT2D eigenvalue weighted by Crippen LogP contribution is -2.45. The third-order valence-corrected chi connectivity index (χ3v) is 6.26. The maximum atomic E-state index is 13.1. The Bertz CT molecular complexity index is 1020. The van der Waals surface area contributed by atoms with Crippen LogP contribution in [0.2, 0.25) is 0 Å². The monoisotopic (exact) mass is 471 g/mol. The van der Waals surface area contributed by atoms with Gasteiger partial charge in [0, 0.05) is 6.42 Å². The molecule has 0 radical (unpaired) electrons. The number of hydrogen-bond donors (Lipinski definition) is 1. The molecule has 0 aliphatic carbocycles. The summed E-state index contributed by atoms with van der Waals surface area (Å²) in [7, 11) is 1.56. The van der Waals surface area contributed by atoms with Crippen LogP contribution in [-0.4, -0.2) is 46.0 Å². The largest absolute Gasteiger partial charge is 0.493 e. The Labute approximate surface area is 197 Å². The van der Waals surface area contributed by atoms with E-state index in [1.165, 1.54) is 4.90 Å². The first kappa shape index (κ1) is 23.8. The van der Waals surface area contributed by atoms with Crippen LogP contribution in [0, 0.1) is 0 Å². The number of ether oxygens (including phenoxy) is 2. The summed E-state index contributed by atoms with van der Waals surface area (Å²) in [6.45, 7) is 2.69. The Morgan fingerprint density at radius 3 is 2.62 bits per heavy atom. The highest BCUT2D eigenvalue weighted by atomic mass is 32.2. The molecule has 1 fully saturated rings. The number of aliphatic carboxylic acids is 1. The number of benzene rings is 2. The number of carbonyl (C=O) groups excluding carboxylic acids is 1. The highest BCUT2D eigenvalue weighted by Gasteiger charge is 2.40. The van der Waals surface area contributed by atoms with Crippen molar-refractivity contribution in [3.8, 4) is 11.5 Å². The van der Waals surface area contributed by atoms with Crippen molar-refractivity contribution in [3.63, 3.8) is 0 Å². The maximum Gasteiger partial charge on any atom is 0.327 e. The van der Waals surface area contributed by atoms with Gasteiger partial charge in [0.25, 0.3) is 5.91 Å². The van der Waals surface area contributed by atoms with E-state index in [-0.39, 0.29) is 10.7 Å². The fourth-order valence-electron chi connectivity index (χ4n) is 3.25. The van der Waals surface area contributed by atoms with Crippen LogP contribution < -0.4 is 9.47 Å². The second-order valence-corrected chi connectivity index (χ2v) is 8.88. The summed E-state index contributed by atoms with van der Waals surface area (Å²) in [5.74, 6) is -0.301. The zero-order valence-electron chi connectivity index (χ0n) is 17.9. The van der Waals surface area contributed by atoms with Crippen molar-refractivity contribution < 1.29 is 24.2 Å². The van der Waals surface area contributed by atoms with Crippen molar-refractivity contribution in [2.24, 2.45) is 0 Å². The minimum atomic E-state index is -1.10. The van der Waals surface area contributed by atoms with Crippen molar-refractivity contribution in [1.29, 1.82) is 0 Å². The Morgan fingerprint density at radius 1 is 1.22 bits per heavy atom. The molecule has 1 aliphatic rings. The molecule has 1 unspecified atom stereocenters. The van der Waals surface area contributed by atoms with Gasteiger partial charge in [0.05, 0.1) is 18.6 Å². The zero-order valence-corrected chi connectivity index (χ0v) is 19.6. The number of hydrogen-bond acceptors (Lipinski definition) is 6. The number of unbranched alkanes of at least 4 members (excludes halogenated alkanes) is 1. The highest BCUT2D eigenvalue weighted by molar-refractivity contribution is 8.26. The summed E-state index contributed by atoms with van der Waals surface area (Å²) in [5.41, 5.74) is 1.56. The van der Waals surface area contributed by atoms with E-state index in [9.17, 15) is 14.7 Å². The maximum absolute atomic E-state index is 13.1. The standard InChI is InChI=1S/C24H25NO5S2/c1-3-4-12-30-19-11-10-17(14-20(19)29-2)15-21-22(26)25(24(31)32-21)18(23(27)28)13-16-8-6-5-7-9-16/h5-11,14-15,18H,3-4,12-13H2,1-2H3,(H,27,28). The molecule has 2 aromatic carbocycles. The molecule has 1 atom stereocenters. The van der Waals surface area contributed by atoms with Crippen LogP contribution in [-0.2, 0) is 16.0 Å². The van der Waals surface area contributed by atoms with E-state index in [1.54, 1.807) is 25.3 Å². The number of amides is 1. The summed E-state index contributed by atoms with van der Waals surface area (Å²) in [6.07, 6.45) is 3.84. The van der Waals surface area contributed by atoms with Crippen molar-refractivity contribution in [2.75, 3.05) is 13.7 Å².